The second kappa shape index (κ2) is 6.65. The van der Waals surface area contributed by atoms with Gasteiger partial charge in [-0.25, -0.2) is 0 Å². The molecule has 0 aromatic rings. The molecule has 3 nitrogen and oxygen atoms in total. The Balaban J connectivity index is 2.05. The van der Waals surface area contributed by atoms with E-state index in [2.05, 4.69) is 11.8 Å². The first kappa shape index (κ1) is 11.3. The zero-order valence-corrected chi connectivity index (χ0v) is 9.18. The minimum Gasteiger partial charge on any atom is -0.379 e. The molecule has 0 aromatic heterocycles. The van der Waals surface area contributed by atoms with E-state index in [1.54, 1.807) is 0 Å². The van der Waals surface area contributed by atoms with Gasteiger partial charge in [-0.05, 0) is 6.92 Å². The van der Waals surface area contributed by atoms with Crippen LogP contribution in [0.1, 0.15) is 6.92 Å². The molecule has 0 aliphatic carbocycles. The SMILES string of the molecule is CC1CSCCN1CCOCCN. The Bertz CT molecular complexity index is 135. The molecule has 0 aromatic carbocycles. The average Bonchev–Trinajstić information content (AvgIpc) is 2.15. The van der Waals surface area contributed by atoms with Gasteiger partial charge in [-0.3, -0.25) is 4.90 Å². The monoisotopic (exact) mass is 204 g/mol. The maximum Gasteiger partial charge on any atom is 0.0594 e. The molecular formula is C9H20N2OS. The standard InChI is InChI=1S/C9H20N2OS/c1-9-8-13-7-4-11(9)3-6-12-5-2-10/h9H,2-8,10H2,1H3. The molecule has 1 saturated heterocycles. The fourth-order valence-electron chi connectivity index (χ4n) is 1.46. The van der Waals surface area contributed by atoms with Crippen molar-refractivity contribution in [3.63, 3.8) is 0 Å². The average molecular weight is 204 g/mol. The van der Waals surface area contributed by atoms with Crippen molar-refractivity contribution in [2.75, 3.05) is 44.4 Å². The molecule has 0 spiro atoms. The van der Waals surface area contributed by atoms with Crippen LogP contribution in [0, 0.1) is 0 Å². The maximum atomic E-state index is 5.36. The number of hydrogen-bond donors (Lipinski definition) is 1. The molecule has 78 valence electrons. The van der Waals surface area contributed by atoms with E-state index in [9.17, 15) is 0 Å². The first-order chi connectivity index (χ1) is 6.34. The molecule has 4 heteroatoms. The van der Waals surface area contributed by atoms with Gasteiger partial charge in [-0.2, -0.15) is 11.8 Å². The summed E-state index contributed by atoms with van der Waals surface area (Å²) in [5.41, 5.74) is 5.33. The van der Waals surface area contributed by atoms with E-state index in [-0.39, 0.29) is 0 Å². The van der Waals surface area contributed by atoms with Crippen molar-refractivity contribution in [2.24, 2.45) is 5.73 Å². The van der Waals surface area contributed by atoms with E-state index in [1.807, 2.05) is 11.8 Å². The van der Waals surface area contributed by atoms with Crippen molar-refractivity contribution in [3.8, 4) is 0 Å². The summed E-state index contributed by atoms with van der Waals surface area (Å²) in [4.78, 5) is 2.49. The Hall–Kier alpha value is 0.230. The topological polar surface area (TPSA) is 38.5 Å². The summed E-state index contributed by atoms with van der Waals surface area (Å²) in [6.45, 7) is 6.70. The second-order valence-corrected chi connectivity index (χ2v) is 4.51. The van der Waals surface area contributed by atoms with Gasteiger partial charge in [0.05, 0.1) is 13.2 Å². The summed E-state index contributed by atoms with van der Waals surface area (Å²) in [5.74, 6) is 2.53. The van der Waals surface area contributed by atoms with Crippen LogP contribution in [0.2, 0.25) is 0 Å². The minimum absolute atomic E-state index is 0.630. The Morgan fingerprint density at radius 3 is 3.08 bits per heavy atom. The Morgan fingerprint density at radius 1 is 1.54 bits per heavy atom. The van der Waals surface area contributed by atoms with E-state index < -0.39 is 0 Å². The van der Waals surface area contributed by atoms with Crippen molar-refractivity contribution in [3.05, 3.63) is 0 Å². The predicted octanol–water partition coefficient (Wildman–Crippen LogP) is 0.399. The van der Waals surface area contributed by atoms with Crippen molar-refractivity contribution in [1.82, 2.24) is 4.90 Å². The molecule has 0 amide bonds. The van der Waals surface area contributed by atoms with Crippen LogP contribution in [0.4, 0.5) is 0 Å². The molecule has 1 aliphatic heterocycles. The number of hydrogen-bond acceptors (Lipinski definition) is 4. The van der Waals surface area contributed by atoms with Gasteiger partial charge in [-0.15, -0.1) is 0 Å². The second-order valence-electron chi connectivity index (χ2n) is 3.36. The van der Waals surface area contributed by atoms with E-state index in [0.717, 1.165) is 13.2 Å². The highest BCUT2D eigenvalue weighted by Crippen LogP contribution is 2.14. The Morgan fingerprint density at radius 2 is 2.38 bits per heavy atom. The molecule has 0 radical (unpaired) electrons. The predicted molar refractivity (Wildman–Crippen MR) is 58.2 cm³/mol. The van der Waals surface area contributed by atoms with Gasteiger partial charge in [0, 0.05) is 37.2 Å². The molecule has 0 saturated carbocycles. The van der Waals surface area contributed by atoms with Gasteiger partial charge >= 0.3 is 0 Å². The van der Waals surface area contributed by atoms with Crippen LogP contribution in [0.25, 0.3) is 0 Å². The molecule has 0 bridgehead atoms. The maximum absolute atomic E-state index is 5.36. The Kier molecular flexibility index (Phi) is 5.78. The van der Waals surface area contributed by atoms with Gasteiger partial charge in [0.15, 0.2) is 0 Å². The molecule has 1 unspecified atom stereocenters. The van der Waals surface area contributed by atoms with Gasteiger partial charge in [0.2, 0.25) is 0 Å². The normalized spacial score (nSPS) is 24.9. The van der Waals surface area contributed by atoms with Crippen molar-refractivity contribution < 1.29 is 4.74 Å². The lowest BCUT2D eigenvalue weighted by atomic mass is 10.3. The van der Waals surface area contributed by atoms with Crippen molar-refractivity contribution in [1.29, 1.82) is 0 Å². The molecule has 1 atom stereocenters. The highest BCUT2D eigenvalue weighted by atomic mass is 32.2. The fraction of sp³-hybridized carbons (Fsp3) is 1.00. The molecule has 1 aliphatic rings. The number of nitrogens with zero attached hydrogens (tertiary/aromatic N) is 1. The summed E-state index contributed by atoms with van der Waals surface area (Å²) >= 11 is 2.05. The zero-order chi connectivity index (χ0) is 9.52. The summed E-state index contributed by atoms with van der Waals surface area (Å²) in [6.07, 6.45) is 0. The third-order valence-corrected chi connectivity index (χ3v) is 3.48. The number of rotatable bonds is 5. The van der Waals surface area contributed by atoms with Crippen LogP contribution in [0.15, 0.2) is 0 Å². The highest BCUT2D eigenvalue weighted by molar-refractivity contribution is 7.99. The molecular weight excluding hydrogens is 184 g/mol. The smallest absolute Gasteiger partial charge is 0.0594 e. The lowest BCUT2D eigenvalue weighted by Gasteiger charge is -2.32. The minimum atomic E-state index is 0.630. The highest BCUT2D eigenvalue weighted by Gasteiger charge is 2.17. The van der Waals surface area contributed by atoms with Gasteiger partial charge in [0.1, 0.15) is 0 Å². The van der Waals surface area contributed by atoms with Crippen LogP contribution < -0.4 is 5.73 Å². The number of ether oxygens (including phenoxy) is 1. The Labute approximate surface area is 85.0 Å². The number of nitrogens with two attached hydrogens (primary N) is 1. The van der Waals surface area contributed by atoms with Crippen molar-refractivity contribution in [2.45, 2.75) is 13.0 Å². The lowest BCUT2D eigenvalue weighted by molar-refractivity contribution is 0.0997. The van der Waals surface area contributed by atoms with Crippen LogP contribution >= 0.6 is 11.8 Å². The molecule has 1 fully saturated rings. The van der Waals surface area contributed by atoms with E-state index >= 15 is 0 Å². The summed E-state index contributed by atoms with van der Waals surface area (Å²) in [5, 5.41) is 0. The molecule has 2 N–H and O–H groups in total. The summed E-state index contributed by atoms with van der Waals surface area (Å²) < 4.78 is 5.36. The van der Waals surface area contributed by atoms with Crippen LogP contribution in [-0.4, -0.2) is 55.3 Å². The van der Waals surface area contributed by atoms with Gasteiger partial charge < -0.3 is 10.5 Å². The molecule has 1 heterocycles. The largest absolute Gasteiger partial charge is 0.379 e. The molecule has 13 heavy (non-hydrogen) atoms. The third-order valence-electron chi connectivity index (χ3n) is 2.29. The first-order valence-electron chi connectivity index (χ1n) is 4.94. The first-order valence-corrected chi connectivity index (χ1v) is 6.09. The van der Waals surface area contributed by atoms with E-state index in [1.165, 1.54) is 18.1 Å². The number of thioether (sulfide) groups is 1. The van der Waals surface area contributed by atoms with Gasteiger partial charge in [-0.1, -0.05) is 0 Å². The zero-order valence-electron chi connectivity index (χ0n) is 8.37. The fourth-order valence-corrected chi connectivity index (χ4v) is 2.54. The quantitative estimate of drug-likeness (QED) is 0.658. The van der Waals surface area contributed by atoms with Crippen LogP contribution in [0.5, 0.6) is 0 Å². The van der Waals surface area contributed by atoms with Gasteiger partial charge in [0.25, 0.3) is 0 Å². The van der Waals surface area contributed by atoms with E-state index in [0.29, 0.717) is 19.2 Å². The summed E-state index contributed by atoms with van der Waals surface area (Å²) in [6, 6.07) is 0.709. The third kappa shape index (κ3) is 4.31. The van der Waals surface area contributed by atoms with Crippen molar-refractivity contribution >= 4 is 11.8 Å². The van der Waals surface area contributed by atoms with E-state index in [4.69, 9.17) is 10.5 Å². The van der Waals surface area contributed by atoms with Crippen LogP contribution in [-0.2, 0) is 4.74 Å². The molecule has 1 rings (SSSR count). The van der Waals surface area contributed by atoms with Crippen LogP contribution in [0.3, 0.4) is 0 Å². The lowest BCUT2D eigenvalue weighted by Crippen LogP contribution is -2.42. The summed E-state index contributed by atoms with van der Waals surface area (Å²) in [7, 11) is 0.